The Kier molecular flexibility index (Phi) is 3.80. The van der Waals surface area contributed by atoms with Crippen LogP contribution in [0.3, 0.4) is 0 Å². The fourth-order valence-corrected chi connectivity index (χ4v) is 4.85. The first-order chi connectivity index (χ1) is 13.1. The van der Waals surface area contributed by atoms with Crippen molar-refractivity contribution in [2.75, 3.05) is 5.32 Å². The minimum atomic E-state index is -0.645. The van der Waals surface area contributed by atoms with Gasteiger partial charge in [0.2, 0.25) is 5.95 Å². The molecule has 1 unspecified atom stereocenters. The first-order valence-corrected chi connectivity index (χ1v) is 9.57. The zero-order valence-electron chi connectivity index (χ0n) is 14.1. The predicted molar refractivity (Wildman–Crippen MR) is 98.0 cm³/mol. The highest BCUT2D eigenvalue weighted by atomic mass is 32.1. The van der Waals surface area contributed by atoms with Crippen LogP contribution in [0.25, 0.3) is 10.2 Å². The second-order valence-electron chi connectivity index (χ2n) is 6.96. The zero-order chi connectivity index (χ0) is 18.5. The van der Waals surface area contributed by atoms with Crippen LogP contribution in [0.5, 0.6) is 0 Å². The maximum atomic E-state index is 13.8. The standard InChI is InChI=1S/C18H16FN5O2S/c19-9-3-8(6-20-7-9)14-11-4-10(5-13(11)25)21-17(26)15-16-12(1-2-27-16)22-18(23-14)24-15/h1-3,6-7,10-11,13-14,25H,4-5H2,(H,21,26)(H,22,23,24)/t10-,11+,13-,14?/m1/s1. The molecule has 3 aromatic heterocycles. The lowest BCUT2D eigenvalue weighted by Gasteiger charge is -2.28. The molecule has 138 valence electrons. The minimum Gasteiger partial charge on any atom is -0.393 e. The number of aliphatic hydroxyl groups is 1. The Bertz CT molecular complexity index is 1040. The number of halogens is 1. The van der Waals surface area contributed by atoms with Gasteiger partial charge in [0.25, 0.3) is 5.91 Å². The van der Waals surface area contributed by atoms with Gasteiger partial charge in [-0.15, -0.1) is 11.3 Å². The Morgan fingerprint density at radius 2 is 2.11 bits per heavy atom. The van der Waals surface area contributed by atoms with E-state index in [0.717, 1.165) is 10.9 Å². The molecule has 0 aromatic carbocycles. The largest absolute Gasteiger partial charge is 0.393 e. The molecular formula is C18H16FN5O2S. The summed E-state index contributed by atoms with van der Waals surface area (Å²) < 4.78 is 14.5. The van der Waals surface area contributed by atoms with Crippen molar-refractivity contribution in [3.05, 3.63) is 47.0 Å². The summed E-state index contributed by atoms with van der Waals surface area (Å²) in [5.41, 5.74) is 1.60. The van der Waals surface area contributed by atoms with Crippen LogP contribution in [0.4, 0.5) is 10.3 Å². The molecule has 9 heteroatoms. The molecule has 3 N–H and O–H groups in total. The molecular weight excluding hydrogens is 369 g/mol. The van der Waals surface area contributed by atoms with Crippen LogP contribution in [0, 0.1) is 11.7 Å². The molecule has 0 saturated heterocycles. The minimum absolute atomic E-state index is 0.171. The smallest absolute Gasteiger partial charge is 0.271 e. The molecule has 4 atom stereocenters. The summed E-state index contributed by atoms with van der Waals surface area (Å²) in [6.45, 7) is 0. The van der Waals surface area contributed by atoms with Crippen molar-refractivity contribution in [1.29, 1.82) is 0 Å². The van der Waals surface area contributed by atoms with Crippen molar-refractivity contribution in [1.82, 2.24) is 20.3 Å². The summed E-state index contributed by atoms with van der Waals surface area (Å²) in [7, 11) is 0. The van der Waals surface area contributed by atoms with Gasteiger partial charge in [0.05, 0.1) is 28.6 Å². The fourth-order valence-electron chi connectivity index (χ4n) is 4.03. The quantitative estimate of drug-likeness (QED) is 0.594. The summed E-state index contributed by atoms with van der Waals surface area (Å²) in [6, 6.07) is 2.64. The highest BCUT2D eigenvalue weighted by Gasteiger charge is 2.41. The van der Waals surface area contributed by atoms with Crippen molar-refractivity contribution in [2.45, 2.75) is 31.0 Å². The normalized spacial score (nSPS) is 27.3. The van der Waals surface area contributed by atoms with Crippen LogP contribution in [0.1, 0.15) is 34.9 Å². The Morgan fingerprint density at radius 1 is 1.22 bits per heavy atom. The van der Waals surface area contributed by atoms with Gasteiger partial charge in [0.1, 0.15) is 5.82 Å². The number of aliphatic hydroxyl groups excluding tert-OH is 1. The maximum absolute atomic E-state index is 13.8. The molecule has 2 aliphatic rings. The topological polar surface area (TPSA) is 100 Å². The van der Waals surface area contributed by atoms with E-state index in [1.54, 1.807) is 6.20 Å². The molecule has 0 radical (unpaired) electrons. The van der Waals surface area contributed by atoms with Gasteiger partial charge in [-0.05, 0) is 35.9 Å². The molecule has 4 bridgehead atoms. The SMILES string of the molecule is O=C1N[C@H]2C[C@@H](O)[C@H](C2)C(c2cncc(F)c2)Nc2nc1c1sccc1n2. The Balaban J connectivity index is 1.67. The number of amides is 1. The molecule has 1 fully saturated rings. The molecule has 27 heavy (non-hydrogen) atoms. The highest BCUT2D eigenvalue weighted by molar-refractivity contribution is 7.17. The number of hydrogen-bond donors (Lipinski definition) is 3. The molecule has 3 aromatic rings. The summed E-state index contributed by atoms with van der Waals surface area (Å²) in [6.07, 6.45) is 3.08. The number of carbonyl (C=O) groups excluding carboxylic acids is 1. The molecule has 4 heterocycles. The van der Waals surface area contributed by atoms with Crippen molar-refractivity contribution in [2.24, 2.45) is 5.92 Å². The number of hydrogen-bond acceptors (Lipinski definition) is 7. The Hall–Kier alpha value is -2.65. The van der Waals surface area contributed by atoms with Crippen LogP contribution in [0.15, 0.2) is 29.9 Å². The second kappa shape index (κ2) is 6.21. The van der Waals surface area contributed by atoms with Crippen LogP contribution < -0.4 is 10.6 Å². The van der Waals surface area contributed by atoms with Gasteiger partial charge in [-0.2, -0.15) is 0 Å². The number of nitrogens with zero attached hydrogens (tertiary/aromatic N) is 3. The van der Waals surface area contributed by atoms with Crippen LogP contribution in [-0.4, -0.2) is 38.1 Å². The number of nitrogens with one attached hydrogen (secondary N) is 2. The van der Waals surface area contributed by atoms with Gasteiger partial charge < -0.3 is 15.7 Å². The number of pyridine rings is 1. The van der Waals surface area contributed by atoms with Crippen LogP contribution in [0.2, 0.25) is 0 Å². The first kappa shape index (κ1) is 16.5. The fraction of sp³-hybridized carbons (Fsp3) is 0.333. The van der Waals surface area contributed by atoms with Gasteiger partial charge in [-0.25, -0.2) is 14.4 Å². The lowest BCUT2D eigenvalue weighted by atomic mass is 9.90. The lowest BCUT2D eigenvalue weighted by Crippen LogP contribution is -2.35. The van der Waals surface area contributed by atoms with E-state index in [4.69, 9.17) is 0 Å². The zero-order valence-corrected chi connectivity index (χ0v) is 14.9. The molecule has 0 spiro atoms. The summed E-state index contributed by atoms with van der Waals surface area (Å²) >= 11 is 1.41. The lowest BCUT2D eigenvalue weighted by molar-refractivity contribution is 0.0930. The van der Waals surface area contributed by atoms with E-state index in [-0.39, 0.29) is 23.8 Å². The van der Waals surface area contributed by atoms with Gasteiger partial charge in [0, 0.05) is 18.2 Å². The third-order valence-electron chi connectivity index (χ3n) is 5.23. The van der Waals surface area contributed by atoms with E-state index in [0.29, 0.717) is 29.6 Å². The molecule has 1 amide bonds. The number of thiophene rings is 1. The summed E-state index contributed by atoms with van der Waals surface area (Å²) in [4.78, 5) is 25.6. The molecule has 1 aliphatic heterocycles. The van der Waals surface area contributed by atoms with E-state index in [2.05, 4.69) is 25.6 Å². The number of fused-ring (bicyclic) bond motifs is 6. The van der Waals surface area contributed by atoms with Crippen LogP contribution >= 0.6 is 11.3 Å². The average molecular weight is 385 g/mol. The van der Waals surface area contributed by atoms with Crippen molar-refractivity contribution < 1.29 is 14.3 Å². The molecule has 1 aliphatic carbocycles. The summed E-state index contributed by atoms with van der Waals surface area (Å²) in [5, 5.41) is 18.7. The van der Waals surface area contributed by atoms with Gasteiger partial charge in [0.15, 0.2) is 5.69 Å². The number of rotatable bonds is 1. The monoisotopic (exact) mass is 385 g/mol. The molecule has 7 nitrogen and oxygen atoms in total. The van der Waals surface area contributed by atoms with Crippen molar-refractivity contribution in [3.63, 3.8) is 0 Å². The van der Waals surface area contributed by atoms with Gasteiger partial charge >= 0.3 is 0 Å². The number of carbonyl (C=O) groups is 1. The number of aromatic nitrogens is 3. The Morgan fingerprint density at radius 3 is 2.96 bits per heavy atom. The maximum Gasteiger partial charge on any atom is 0.271 e. The van der Waals surface area contributed by atoms with E-state index in [1.165, 1.54) is 17.4 Å². The van der Waals surface area contributed by atoms with Gasteiger partial charge in [-0.1, -0.05) is 0 Å². The third-order valence-corrected chi connectivity index (χ3v) is 6.14. The Labute approximate surface area is 157 Å². The third kappa shape index (κ3) is 2.83. The van der Waals surface area contributed by atoms with Crippen LogP contribution in [-0.2, 0) is 0 Å². The predicted octanol–water partition coefficient (Wildman–Crippen LogP) is 2.26. The van der Waals surface area contributed by atoms with E-state index >= 15 is 0 Å². The average Bonchev–Trinajstić information content (AvgIpc) is 3.24. The van der Waals surface area contributed by atoms with Gasteiger partial charge in [-0.3, -0.25) is 9.78 Å². The summed E-state index contributed by atoms with van der Waals surface area (Å²) in [5.74, 6) is -0.671. The van der Waals surface area contributed by atoms with Crippen molar-refractivity contribution in [3.8, 4) is 0 Å². The second-order valence-corrected chi connectivity index (χ2v) is 7.88. The van der Waals surface area contributed by atoms with E-state index < -0.39 is 18.0 Å². The first-order valence-electron chi connectivity index (χ1n) is 8.69. The molecule has 1 saturated carbocycles. The number of anilines is 1. The van der Waals surface area contributed by atoms with Crippen molar-refractivity contribution >= 4 is 33.4 Å². The van der Waals surface area contributed by atoms with E-state index in [9.17, 15) is 14.3 Å². The molecule has 5 rings (SSSR count). The highest BCUT2D eigenvalue weighted by Crippen LogP contribution is 2.39. The van der Waals surface area contributed by atoms with E-state index in [1.807, 2.05) is 11.4 Å².